The zero-order valence-electron chi connectivity index (χ0n) is 17.8. The van der Waals surface area contributed by atoms with E-state index in [1.54, 1.807) is 42.5 Å². The molecule has 0 N–H and O–H groups in total. The van der Waals surface area contributed by atoms with Gasteiger partial charge in [0.15, 0.2) is 5.17 Å². The van der Waals surface area contributed by atoms with E-state index in [1.807, 2.05) is 30.3 Å². The molecule has 0 atom stereocenters. The normalized spacial score (nSPS) is 15.9. The van der Waals surface area contributed by atoms with Crippen LogP contribution in [-0.2, 0) is 4.79 Å². The van der Waals surface area contributed by atoms with Crippen molar-refractivity contribution >= 4 is 79.2 Å². The van der Waals surface area contributed by atoms with Crippen LogP contribution in [0.4, 0.5) is 11.4 Å². The standard InChI is InChI=1S/C25H14ClN3O4S2/c26-21-18-11-4-5-12-19(18)34-22(21)23(30)27-25-28(16-8-2-1-3-9-16)24(31)20(35-25)14-15-7-6-10-17(13-15)29(32)33/h1-14H. The first-order chi connectivity index (χ1) is 16.9. The molecule has 0 saturated carbocycles. The minimum absolute atomic E-state index is 0.0850. The summed E-state index contributed by atoms with van der Waals surface area (Å²) in [6.07, 6.45) is 1.55. The maximum atomic E-state index is 13.4. The van der Waals surface area contributed by atoms with Crippen molar-refractivity contribution in [2.75, 3.05) is 4.90 Å². The molecule has 0 spiro atoms. The van der Waals surface area contributed by atoms with E-state index in [0.29, 0.717) is 16.3 Å². The molecule has 1 aromatic heterocycles. The quantitative estimate of drug-likeness (QED) is 0.168. The fraction of sp³-hybridized carbons (Fsp3) is 0. The Balaban J connectivity index is 1.56. The fourth-order valence-corrected chi connectivity index (χ4v) is 5.90. The average Bonchev–Trinajstić information content (AvgIpc) is 3.36. The molecule has 172 valence electrons. The lowest BCUT2D eigenvalue weighted by atomic mass is 10.2. The maximum Gasteiger partial charge on any atom is 0.291 e. The molecule has 4 aromatic rings. The predicted molar refractivity (Wildman–Crippen MR) is 141 cm³/mol. The van der Waals surface area contributed by atoms with Gasteiger partial charge in [0.2, 0.25) is 0 Å². The smallest absolute Gasteiger partial charge is 0.268 e. The second-order valence-electron chi connectivity index (χ2n) is 7.38. The second kappa shape index (κ2) is 9.46. The number of nitrogens with zero attached hydrogens (tertiary/aromatic N) is 3. The van der Waals surface area contributed by atoms with E-state index in [9.17, 15) is 19.7 Å². The SMILES string of the molecule is O=C(N=C1SC(=Cc2cccc([N+](=O)[O-])c2)C(=O)N1c1ccccc1)c1sc2ccccc2c1Cl. The number of aliphatic imine (C=N–C) groups is 1. The molecule has 0 aliphatic carbocycles. The third-order valence-corrected chi connectivity index (χ3v) is 7.76. The summed E-state index contributed by atoms with van der Waals surface area (Å²) in [7, 11) is 0. The van der Waals surface area contributed by atoms with Crippen molar-refractivity contribution < 1.29 is 14.5 Å². The monoisotopic (exact) mass is 519 g/mol. The molecule has 0 bridgehead atoms. The van der Waals surface area contributed by atoms with Crippen LogP contribution in [0.5, 0.6) is 0 Å². The van der Waals surface area contributed by atoms with E-state index in [2.05, 4.69) is 4.99 Å². The number of non-ortho nitro benzene ring substituents is 1. The number of hydrogen-bond donors (Lipinski definition) is 0. The Morgan fingerprint density at radius 2 is 1.77 bits per heavy atom. The van der Waals surface area contributed by atoms with Crippen LogP contribution in [0.25, 0.3) is 16.2 Å². The van der Waals surface area contributed by atoms with E-state index in [4.69, 9.17) is 11.6 Å². The fourth-order valence-electron chi connectivity index (χ4n) is 3.52. The number of amides is 2. The number of nitro groups is 1. The highest BCUT2D eigenvalue weighted by Crippen LogP contribution is 2.39. The molecule has 1 fully saturated rings. The van der Waals surface area contributed by atoms with E-state index in [0.717, 1.165) is 21.8 Å². The number of hydrogen-bond acceptors (Lipinski definition) is 6. The minimum atomic E-state index is -0.552. The number of carbonyl (C=O) groups is 2. The van der Waals surface area contributed by atoms with Gasteiger partial charge in [-0.25, -0.2) is 0 Å². The van der Waals surface area contributed by atoms with Crippen LogP contribution in [0.3, 0.4) is 0 Å². The zero-order valence-corrected chi connectivity index (χ0v) is 20.1. The number of nitro benzene ring substituents is 1. The summed E-state index contributed by atoms with van der Waals surface area (Å²) in [5, 5.41) is 12.4. The number of amidine groups is 1. The number of fused-ring (bicyclic) bond motifs is 1. The number of carbonyl (C=O) groups excluding carboxylic acids is 2. The van der Waals surface area contributed by atoms with E-state index >= 15 is 0 Å². The van der Waals surface area contributed by atoms with E-state index in [1.165, 1.54) is 28.4 Å². The molecule has 2 heterocycles. The number of thioether (sulfide) groups is 1. The topological polar surface area (TPSA) is 92.9 Å². The van der Waals surface area contributed by atoms with Gasteiger partial charge < -0.3 is 0 Å². The second-order valence-corrected chi connectivity index (χ2v) is 9.82. The first kappa shape index (κ1) is 23.0. The lowest BCUT2D eigenvalue weighted by Crippen LogP contribution is -2.29. The van der Waals surface area contributed by atoms with Crippen molar-refractivity contribution in [1.29, 1.82) is 0 Å². The van der Waals surface area contributed by atoms with Crippen LogP contribution in [-0.4, -0.2) is 21.9 Å². The van der Waals surface area contributed by atoms with Crippen molar-refractivity contribution in [3.05, 3.63) is 109 Å². The molecule has 10 heteroatoms. The van der Waals surface area contributed by atoms with Gasteiger partial charge in [-0.3, -0.25) is 24.6 Å². The van der Waals surface area contributed by atoms with Gasteiger partial charge in [0.05, 0.1) is 20.5 Å². The van der Waals surface area contributed by atoms with Crippen molar-refractivity contribution in [3.8, 4) is 0 Å². The van der Waals surface area contributed by atoms with E-state index in [-0.39, 0.29) is 26.5 Å². The van der Waals surface area contributed by atoms with Gasteiger partial charge in [-0.1, -0.05) is 60.1 Å². The van der Waals surface area contributed by atoms with E-state index < -0.39 is 10.8 Å². The zero-order chi connectivity index (χ0) is 24.5. The summed E-state index contributed by atoms with van der Waals surface area (Å²) in [5.41, 5.74) is 0.947. The van der Waals surface area contributed by atoms with Gasteiger partial charge in [-0.2, -0.15) is 4.99 Å². The third-order valence-electron chi connectivity index (χ3n) is 5.13. The Bertz CT molecular complexity index is 1560. The highest BCUT2D eigenvalue weighted by atomic mass is 35.5. The molecule has 7 nitrogen and oxygen atoms in total. The molecule has 2 amide bonds. The molecule has 1 aliphatic rings. The van der Waals surface area contributed by atoms with Crippen LogP contribution in [0.1, 0.15) is 15.2 Å². The van der Waals surface area contributed by atoms with Crippen molar-refractivity contribution in [2.24, 2.45) is 4.99 Å². The number of anilines is 1. The predicted octanol–water partition coefficient (Wildman–Crippen LogP) is 6.78. The number of rotatable bonds is 4. The summed E-state index contributed by atoms with van der Waals surface area (Å²) in [5.74, 6) is -0.939. The highest BCUT2D eigenvalue weighted by Gasteiger charge is 2.35. The lowest BCUT2D eigenvalue weighted by Gasteiger charge is -2.15. The molecule has 3 aromatic carbocycles. The van der Waals surface area contributed by atoms with Crippen LogP contribution in [0.15, 0.2) is 88.8 Å². The Morgan fingerprint density at radius 1 is 1.03 bits per heavy atom. The third kappa shape index (κ3) is 4.49. The number of para-hydroxylation sites is 1. The summed E-state index contributed by atoms with van der Waals surface area (Å²) in [6, 6.07) is 22.2. The van der Waals surface area contributed by atoms with Crippen LogP contribution in [0, 0.1) is 10.1 Å². The molecule has 0 radical (unpaired) electrons. The number of benzene rings is 3. The molecule has 1 saturated heterocycles. The molecule has 35 heavy (non-hydrogen) atoms. The largest absolute Gasteiger partial charge is 0.291 e. The summed E-state index contributed by atoms with van der Waals surface area (Å²) in [4.78, 5) is 43.3. The Labute approximate surface area is 212 Å². The van der Waals surface area contributed by atoms with Crippen LogP contribution in [0.2, 0.25) is 5.02 Å². The van der Waals surface area contributed by atoms with Gasteiger partial charge in [-0.15, -0.1) is 11.3 Å². The number of halogens is 1. The lowest BCUT2D eigenvalue weighted by molar-refractivity contribution is -0.384. The highest BCUT2D eigenvalue weighted by molar-refractivity contribution is 8.19. The summed E-state index contributed by atoms with van der Waals surface area (Å²) < 4.78 is 0.863. The van der Waals surface area contributed by atoms with Gasteiger partial charge in [-0.05, 0) is 41.6 Å². The first-order valence-corrected chi connectivity index (χ1v) is 12.3. The van der Waals surface area contributed by atoms with Crippen molar-refractivity contribution in [2.45, 2.75) is 0 Å². The molecular weight excluding hydrogens is 506 g/mol. The minimum Gasteiger partial charge on any atom is -0.268 e. The van der Waals surface area contributed by atoms with Gasteiger partial charge in [0, 0.05) is 22.2 Å². The molecule has 5 rings (SSSR count). The Morgan fingerprint density at radius 3 is 2.51 bits per heavy atom. The molecular formula is C25H14ClN3O4S2. The van der Waals surface area contributed by atoms with Gasteiger partial charge >= 0.3 is 0 Å². The summed E-state index contributed by atoms with van der Waals surface area (Å²) >= 11 is 8.73. The number of thiophene rings is 1. The molecule has 1 aliphatic heterocycles. The maximum absolute atomic E-state index is 13.4. The Hall–Kier alpha value is -3.79. The van der Waals surface area contributed by atoms with Gasteiger partial charge in [0.25, 0.3) is 17.5 Å². The van der Waals surface area contributed by atoms with Crippen LogP contribution < -0.4 is 4.90 Å². The molecule has 0 unspecified atom stereocenters. The van der Waals surface area contributed by atoms with Crippen molar-refractivity contribution in [3.63, 3.8) is 0 Å². The average molecular weight is 520 g/mol. The van der Waals surface area contributed by atoms with Crippen LogP contribution >= 0.6 is 34.7 Å². The first-order valence-electron chi connectivity index (χ1n) is 10.3. The Kier molecular flexibility index (Phi) is 6.21. The van der Waals surface area contributed by atoms with Gasteiger partial charge in [0.1, 0.15) is 4.88 Å². The van der Waals surface area contributed by atoms with Crippen molar-refractivity contribution in [1.82, 2.24) is 0 Å². The summed E-state index contributed by atoms with van der Waals surface area (Å²) in [6.45, 7) is 0.